The summed E-state index contributed by atoms with van der Waals surface area (Å²) in [7, 11) is 3.81. The summed E-state index contributed by atoms with van der Waals surface area (Å²) >= 11 is 0. The van der Waals surface area contributed by atoms with Gasteiger partial charge in [-0.25, -0.2) is 0 Å². The largest absolute Gasteiger partial charge is 0.336 e. The van der Waals surface area contributed by atoms with Crippen molar-refractivity contribution in [3.8, 4) is 0 Å². The SMILES string of the molecule is CC(C)c1ccccc1CN[C@@H]1CC(=O)N(C)[C@H]1c1ccnn1C. The Kier molecular flexibility index (Phi) is 4.71. The molecule has 128 valence electrons. The van der Waals surface area contributed by atoms with Crippen LogP contribution in [0.4, 0.5) is 0 Å². The highest BCUT2D eigenvalue weighted by Crippen LogP contribution is 2.32. The van der Waals surface area contributed by atoms with E-state index < -0.39 is 0 Å². The summed E-state index contributed by atoms with van der Waals surface area (Å²) in [5, 5.41) is 7.88. The van der Waals surface area contributed by atoms with Gasteiger partial charge in [0.2, 0.25) is 5.91 Å². The molecule has 1 saturated heterocycles. The number of likely N-dealkylation sites (N-methyl/N-ethyl adjacent to an activating group) is 1. The zero-order valence-corrected chi connectivity index (χ0v) is 14.9. The number of rotatable bonds is 5. The lowest BCUT2D eigenvalue weighted by Gasteiger charge is -2.26. The van der Waals surface area contributed by atoms with E-state index in [1.165, 1.54) is 11.1 Å². The molecule has 3 rings (SSSR count). The van der Waals surface area contributed by atoms with Crippen LogP contribution in [0.5, 0.6) is 0 Å². The van der Waals surface area contributed by atoms with Crippen LogP contribution in [-0.2, 0) is 18.4 Å². The predicted octanol–water partition coefficient (Wildman–Crippen LogP) is 2.61. The zero-order chi connectivity index (χ0) is 17.3. The second-order valence-corrected chi connectivity index (χ2v) is 6.87. The number of nitrogens with zero attached hydrogens (tertiary/aromatic N) is 3. The molecule has 1 aliphatic heterocycles. The van der Waals surface area contributed by atoms with E-state index in [4.69, 9.17) is 0 Å². The minimum absolute atomic E-state index is 0.0243. The van der Waals surface area contributed by atoms with Crippen molar-refractivity contribution in [1.29, 1.82) is 0 Å². The van der Waals surface area contributed by atoms with Gasteiger partial charge in [-0.1, -0.05) is 38.1 Å². The number of amides is 1. The fourth-order valence-corrected chi connectivity index (χ4v) is 3.63. The van der Waals surface area contributed by atoms with Crippen molar-refractivity contribution in [3.05, 3.63) is 53.3 Å². The van der Waals surface area contributed by atoms with Gasteiger partial charge >= 0.3 is 0 Å². The van der Waals surface area contributed by atoms with Crippen LogP contribution in [-0.4, -0.2) is 33.7 Å². The molecule has 1 aromatic heterocycles. The van der Waals surface area contributed by atoms with Crippen LogP contribution in [0.15, 0.2) is 36.5 Å². The Morgan fingerprint density at radius 3 is 2.67 bits per heavy atom. The molecule has 0 bridgehead atoms. The number of hydrogen-bond donors (Lipinski definition) is 1. The lowest BCUT2D eigenvalue weighted by Crippen LogP contribution is -2.36. The van der Waals surface area contributed by atoms with Gasteiger partial charge in [-0.05, 0) is 23.1 Å². The molecule has 2 heterocycles. The molecule has 0 saturated carbocycles. The van der Waals surface area contributed by atoms with Crippen LogP contribution < -0.4 is 5.32 Å². The quantitative estimate of drug-likeness (QED) is 0.919. The third-order valence-electron chi connectivity index (χ3n) is 4.98. The Bertz CT molecular complexity index is 722. The fraction of sp³-hybridized carbons (Fsp3) is 0.474. The summed E-state index contributed by atoms with van der Waals surface area (Å²) in [5.74, 6) is 0.666. The summed E-state index contributed by atoms with van der Waals surface area (Å²) in [6, 6.07) is 10.6. The summed E-state index contributed by atoms with van der Waals surface area (Å²) in [6.45, 7) is 5.20. The van der Waals surface area contributed by atoms with Crippen molar-refractivity contribution in [2.24, 2.45) is 7.05 Å². The maximum Gasteiger partial charge on any atom is 0.224 e. The molecule has 1 aromatic carbocycles. The lowest BCUT2D eigenvalue weighted by molar-refractivity contribution is -0.127. The maximum absolute atomic E-state index is 12.2. The molecule has 1 aliphatic rings. The number of nitrogens with one attached hydrogen (secondary N) is 1. The first-order valence-corrected chi connectivity index (χ1v) is 8.53. The summed E-state index contributed by atoms with van der Waals surface area (Å²) < 4.78 is 1.86. The highest BCUT2D eigenvalue weighted by Gasteiger charge is 2.39. The number of benzene rings is 1. The number of carbonyl (C=O) groups is 1. The molecule has 1 fully saturated rings. The third kappa shape index (κ3) is 3.08. The Morgan fingerprint density at radius 1 is 1.25 bits per heavy atom. The molecule has 24 heavy (non-hydrogen) atoms. The second kappa shape index (κ2) is 6.77. The monoisotopic (exact) mass is 326 g/mol. The summed E-state index contributed by atoms with van der Waals surface area (Å²) in [4.78, 5) is 14.1. The van der Waals surface area contributed by atoms with Crippen LogP contribution in [0.3, 0.4) is 0 Å². The van der Waals surface area contributed by atoms with E-state index in [0.29, 0.717) is 12.3 Å². The van der Waals surface area contributed by atoms with Gasteiger partial charge in [0.1, 0.15) is 0 Å². The van der Waals surface area contributed by atoms with Gasteiger partial charge in [-0.3, -0.25) is 9.48 Å². The first-order chi connectivity index (χ1) is 11.5. The molecule has 1 N–H and O–H groups in total. The highest BCUT2D eigenvalue weighted by atomic mass is 16.2. The molecule has 0 unspecified atom stereocenters. The predicted molar refractivity (Wildman–Crippen MR) is 94.5 cm³/mol. The summed E-state index contributed by atoms with van der Waals surface area (Å²) in [6.07, 6.45) is 2.31. The fourth-order valence-electron chi connectivity index (χ4n) is 3.63. The van der Waals surface area contributed by atoms with Crippen molar-refractivity contribution in [1.82, 2.24) is 20.0 Å². The molecule has 1 amide bonds. The van der Waals surface area contributed by atoms with E-state index in [9.17, 15) is 4.79 Å². The minimum atomic E-state index is 0.0243. The van der Waals surface area contributed by atoms with Gasteiger partial charge in [0, 0.05) is 39.3 Å². The van der Waals surface area contributed by atoms with Crippen molar-refractivity contribution in [2.75, 3.05) is 7.05 Å². The van der Waals surface area contributed by atoms with Gasteiger partial charge < -0.3 is 10.2 Å². The van der Waals surface area contributed by atoms with E-state index in [1.807, 2.05) is 29.7 Å². The van der Waals surface area contributed by atoms with E-state index in [2.05, 4.69) is 48.5 Å². The van der Waals surface area contributed by atoms with Gasteiger partial charge in [0.15, 0.2) is 0 Å². The minimum Gasteiger partial charge on any atom is -0.336 e. The Labute approximate surface area is 143 Å². The van der Waals surface area contributed by atoms with Crippen LogP contribution in [0.25, 0.3) is 0 Å². The van der Waals surface area contributed by atoms with Gasteiger partial charge in [-0.15, -0.1) is 0 Å². The molecule has 5 heteroatoms. The standard InChI is InChI=1S/C19H26N4O/c1-13(2)15-8-6-5-7-14(15)12-20-16-11-18(24)22(3)19(16)17-9-10-21-23(17)4/h5-10,13,16,19-20H,11-12H2,1-4H3/t16-,19-/m1/s1. The molecular weight excluding hydrogens is 300 g/mol. The maximum atomic E-state index is 12.2. The van der Waals surface area contributed by atoms with Crippen molar-refractivity contribution in [2.45, 2.75) is 44.8 Å². The average molecular weight is 326 g/mol. The Morgan fingerprint density at radius 2 is 2.00 bits per heavy atom. The molecule has 0 spiro atoms. The first kappa shape index (κ1) is 16.7. The number of likely N-dealkylation sites (tertiary alicyclic amines) is 1. The van der Waals surface area contributed by atoms with Crippen LogP contribution >= 0.6 is 0 Å². The molecular formula is C19H26N4O. The smallest absolute Gasteiger partial charge is 0.224 e. The van der Waals surface area contributed by atoms with Gasteiger partial charge in [0.25, 0.3) is 0 Å². The van der Waals surface area contributed by atoms with E-state index in [-0.39, 0.29) is 18.0 Å². The highest BCUT2D eigenvalue weighted by molar-refractivity contribution is 5.80. The number of hydrogen-bond acceptors (Lipinski definition) is 3. The molecule has 5 nitrogen and oxygen atoms in total. The first-order valence-electron chi connectivity index (χ1n) is 8.53. The van der Waals surface area contributed by atoms with E-state index >= 15 is 0 Å². The average Bonchev–Trinajstić information content (AvgIpc) is 3.09. The van der Waals surface area contributed by atoms with Crippen molar-refractivity contribution < 1.29 is 4.79 Å². The molecule has 2 atom stereocenters. The van der Waals surface area contributed by atoms with Crippen molar-refractivity contribution >= 4 is 5.91 Å². The lowest BCUT2D eigenvalue weighted by atomic mass is 9.96. The topological polar surface area (TPSA) is 50.2 Å². The Hall–Kier alpha value is -2.14. The second-order valence-electron chi connectivity index (χ2n) is 6.87. The number of carbonyl (C=O) groups excluding carboxylic acids is 1. The third-order valence-corrected chi connectivity index (χ3v) is 4.98. The molecule has 0 aliphatic carbocycles. The van der Waals surface area contributed by atoms with E-state index in [0.717, 1.165) is 12.2 Å². The van der Waals surface area contributed by atoms with Crippen LogP contribution in [0.2, 0.25) is 0 Å². The van der Waals surface area contributed by atoms with Gasteiger partial charge in [-0.2, -0.15) is 5.10 Å². The zero-order valence-electron chi connectivity index (χ0n) is 14.9. The van der Waals surface area contributed by atoms with E-state index in [1.54, 1.807) is 6.20 Å². The van der Waals surface area contributed by atoms with Crippen molar-refractivity contribution in [3.63, 3.8) is 0 Å². The normalized spacial score (nSPS) is 21.0. The number of aryl methyl sites for hydroxylation is 1. The van der Waals surface area contributed by atoms with Crippen LogP contribution in [0.1, 0.15) is 49.0 Å². The Balaban J connectivity index is 1.79. The van der Waals surface area contributed by atoms with Crippen LogP contribution in [0, 0.1) is 0 Å². The molecule has 2 aromatic rings. The van der Waals surface area contributed by atoms with Gasteiger partial charge in [0.05, 0.1) is 11.7 Å². The summed E-state index contributed by atoms with van der Waals surface area (Å²) in [5.41, 5.74) is 3.73. The number of aromatic nitrogens is 2. The molecule has 0 radical (unpaired) electrons.